The van der Waals surface area contributed by atoms with Gasteiger partial charge in [0.05, 0.1) is 6.04 Å². The molecule has 0 spiro atoms. The molecule has 0 aliphatic rings. The number of hydrogen-bond donors (Lipinski definition) is 2. The smallest absolute Gasteiger partial charge is 0.0553 e. The first-order valence-corrected chi connectivity index (χ1v) is 7.96. The van der Waals surface area contributed by atoms with Gasteiger partial charge in [-0.15, -0.1) is 11.8 Å². The van der Waals surface area contributed by atoms with Crippen molar-refractivity contribution in [1.82, 2.24) is 5.43 Å². The second-order valence-corrected chi connectivity index (χ2v) is 5.95. The predicted molar refractivity (Wildman–Crippen MR) is 87.8 cm³/mol. The summed E-state index contributed by atoms with van der Waals surface area (Å²) in [6.45, 7) is 4.31. The lowest BCUT2D eigenvalue weighted by Crippen LogP contribution is -2.29. The molecule has 0 fully saturated rings. The van der Waals surface area contributed by atoms with Crippen molar-refractivity contribution in [3.05, 3.63) is 65.2 Å². The highest BCUT2D eigenvalue weighted by Gasteiger charge is 2.10. The van der Waals surface area contributed by atoms with E-state index in [9.17, 15) is 0 Å². The standard InChI is InChI=1S/C17H22N2S/c1-3-14-8-10-15(11-9-14)16(19-18)12-20-17-7-5-4-6-13(17)2/h4-11,16,19H,3,12,18H2,1-2H3. The zero-order valence-electron chi connectivity index (χ0n) is 12.1. The largest absolute Gasteiger partial charge is 0.271 e. The fourth-order valence-electron chi connectivity index (χ4n) is 2.12. The van der Waals surface area contributed by atoms with Crippen molar-refractivity contribution in [1.29, 1.82) is 0 Å². The van der Waals surface area contributed by atoms with Crippen molar-refractivity contribution >= 4 is 11.8 Å². The van der Waals surface area contributed by atoms with Crippen LogP contribution in [0.15, 0.2) is 53.4 Å². The third-order valence-electron chi connectivity index (χ3n) is 3.49. The fourth-order valence-corrected chi connectivity index (χ4v) is 3.22. The maximum atomic E-state index is 5.71. The summed E-state index contributed by atoms with van der Waals surface area (Å²) < 4.78 is 0. The molecule has 0 amide bonds. The number of rotatable bonds is 6. The number of hydrazine groups is 1. The molecule has 0 aliphatic heterocycles. The maximum Gasteiger partial charge on any atom is 0.0553 e. The molecule has 3 N–H and O–H groups in total. The summed E-state index contributed by atoms with van der Waals surface area (Å²) in [4.78, 5) is 1.32. The number of nitrogens with two attached hydrogens (primary N) is 1. The van der Waals surface area contributed by atoms with E-state index in [1.165, 1.54) is 21.6 Å². The lowest BCUT2D eigenvalue weighted by atomic mass is 10.1. The van der Waals surface area contributed by atoms with E-state index in [2.05, 4.69) is 67.8 Å². The van der Waals surface area contributed by atoms with Gasteiger partial charge in [0, 0.05) is 10.6 Å². The van der Waals surface area contributed by atoms with Gasteiger partial charge in [0.2, 0.25) is 0 Å². The molecule has 2 nitrogen and oxygen atoms in total. The van der Waals surface area contributed by atoms with Gasteiger partial charge in [-0.05, 0) is 36.1 Å². The Balaban J connectivity index is 2.03. The number of benzene rings is 2. The van der Waals surface area contributed by atoms with Gasteiger partial charge in [0.1, 0.15) is 0 Å². The van der Waals surface area contributed by atoms with Crippen molar-refractivity contribution in [3.63, 3.8) is 0 Å². The quantitative estimate of drug-likeness (QED) is 0.481. The van der Waals surface area contributed by atoms with Crippen molar-refractivity contribution in [3.8, 4) is 0 Å². The second kappa shape index (κ2) is 7.48. The zero-order chi connectivity index (χ0) is 14.4. The highest BCUT2D eigenvalue weighted by Crippen LogP contribution is 2.26. The Morgan fingerprint density at radius 3 is 2.40 bits per heavy atom. The van der Waals surface area contributed by atoms with Gasteiger partial charge in [0.15, 0.2) is 0 Å². The molecule has 0 aromatic heterocycles. The van der Waals surface area contributed by atoms with E-state index in [4.69, 9.17) is 5.84 Å². The number of nitrogens with one attached hydrogen (secondary N) is 1. The minimum atomic E-state index is 0.172. The van der Waals surface area contributed by atoms with Crippen LogP contribution in [0.1, 0.15) is 29.7 Å². The van der Waals surface area contributed by atoms with Gasteiger partial charge in [0.25, 0.3) is 0 Å². The molecular formula is C17H22N2S. The lowest BCUT2D eigenvalue weighted by molar-refractivity contribution is 0.610. The molecular weight excluding hydrogens is 264 g/mol. The van der Waals surface area contributed by atoms with Gasteiger partial charge in [-0.25, -0.2) is 0 Å². The highest BCUT2D eigenvalue weighted by atomic mass is 32.2. The van der Waals surface area contributed by atoms with E-state index in [-0.39, 0.29) is 6.04 Å². The molecule has 3 heteroatoms. The monoisotopic (exact) mass is 286 g/mol. The predicted octanol–water partition coefficient (Wildman–Crippen LogP) is 3.85. The lowest BCUT2D eigenvalue weighted by Gasteiger charge is -2.17. The third kappa shape index (κ3) is 3.85. The molecule has 0 bridgehead atoms. The molecule has 2 aromatic carbocycles. The topological polar surface area (TPSA) is 38.0 Å². The normalized spacial score (nSPS) is 12.3. The van der Waals surface area contributed by atoms with E-state index >= 15 is 0 Å². The van der Waals surface area contributed by atoms with Gasteiger partial charge in [-0.1, -0.05) is 49.4 Å². The first-order valence-electron chi connectivity index (χ1n) is 6.98. The SMILES string of the molecule is CCc1ccc(C(CSc2ccccc2C)NN)cc1. The van der Waals surface area contributed by atoms with E-state index in [0.29, 0.717) is 0 Å². The molecule has 1 atom stereocenters. The van der Waals surface area contributed by atoms with E-state index in [1.54, 1.807) is 0 Å². The van der Waals surface area contributed by atoms with Crippen LogP contribution in [0.4, 0.5) is 0 Å². The minimum Gasteiger partial charge on any atom is -0.271 e. The molecule has 2 rings (SSSR count). The first-order chi connectivity index (χ1) is 9.74. The Bertz CT molecular complexity index is 537. The summed E-state index contributed by atoms with van der Waals surface area (Å²) in [5.74, 6) is 6.64. The zero-order valence-corrected chi connectivity index (χ0v) is 12.9. The summed E-state index contributed by atoms with van der Waals surface area (Å²) >= 11 is 1.84. The Morgan fingerprint density at radius 1 is 1.10 bits per heavy atom. The second-order valence-electron chi connectivity index (χ2n) is 4.89. The minimum absolute atomic E-state index is 0.172. The maximum absolute atomic E-state index is 5.71. The molecule has 2 aromatic rings. The summed E-state index contributed by atoms with van der Waals surface area (Å²) in [6.07, 6.45) is 1.07. The first kappa shape index (κ1) is 15.1. The molecule has 106 valence electrons. The highest BCUT2D eigenvalue weighted by molar-refractivity contribution is 7.99. The van der Waals surface area contributed by atoms with Crippen LogP contribution in [0.3, 0.4) is 0 Å². The van der Waals surface area contributed by atoms with Crippen LogP contribution >= 0.6 is 11.8 Å². The number of thioether (sulfide) groups is 1. The van der Waals surface area contributed by atoms with Crippen molar-refractivity contribution in [2.24, 2.45) is 5.84 Å². The van der Waals surface area contributed by atoms with Crippen LogP contribution in [-0.2, 0) is 6.42 Å². The summed E-state index contributed by atoms with van der Waals surface area (Å²) in [5.41, 5.74) is 6.84. The van der Waals surface area contributed by atoms with Crippen molar-refractivity contribution < 1.29 is 0 Å². The van der Waals surface area contributed by atoms with E-state index in [0.717, 1.165) is 12.2 Å². The number of aryl methyl sites for hydroxylation is 2. The molecule has 0 radical (unpaired) electrons. The molecule has 20 heavy (non-hydrogen) atoms. The van der Waals surface area contributed by atoms with Gasteiger partial charge in [-0.2, -0.15) is 0 Å². The third-order valence-corrected chi connectivity index (χ3v) is 4.76. The Morgan fingerprint density at radius 2 is 1.80 bits per heavy atom. The molecule has 0 heterocycles. The summed E-state index contributed by atoms with van der Waals surface area (Å²) in [7, 11) is 0. The number of hydrogen-bond acceptors (Lipinski definition) is 3. The van der Waals surface area contributed by atoms with Crippen molar-refractivity contribution in [2.45, 2.75) is 31.2 Å². The molecule has 0 aliphatic carbocycles. The van der Waals surface area contributed by atoms with Crippen LogP contribution in [0, 0.1) is 6.92 Å². The fraction of sp³-hybridized carbons (Fsp3) is 0.294. The van der Waals surface area contributed by atoms with Crippen LogP contribution in [-0.4, -0.2) is 5.75 Å². The Kier molecular flexibility index (Phi) is 5.65. The van der Waals surface area contributed by atoms with Gasteiger partial charge in [-0.3, -0.25) is 11.3 Å². The van der Waals surface area contributed by atoms with E-state index in [1.807, 2.05) is 11.8 Å². The van der Waals surface area contributed by atoms with Crippen LogP contribution in [0.2, 0.25) is 0 Å². The summed E-state index contributed by atoms with van der Waals surface area (Å²) in [6, 6.07) is 17.3. The van der Waals surface area contributed by atoms with Crippen molar-refractivity contribution in [2.75, 3.05) is 5.75 Å². The molecule has 0 saturated heterocycles. The van der Waals surface area contributed by atoms with E-state index < -0.39 is 0 Å². The van der Waals surface area contributed by atoms with Gasteiger partial charge < -0.3 is 0 Å². The van der Waals surface area contributed by atoms with Gasteiger partial charge >= 0.3 is 0 Å². The average Bonchev–Trinajstić information content (AvgIpc) is 2.50. The molecule has 1 unspecified atom stereocenters. The Labute approximate surface area is 125 Å². The summed E-state index contributed by atoms with van der Waals surface area (Å²) in [5, 5.41) is 0. The molecule has 0 saturated carbocycles. The van der Waals surface area contributed by atoms with Crippen LogP contribution < -0.4 is 11.3 Å². The Hall–Kier alpha value is -1.29. The van der Waals surface area contributed by atoms with Crippen LogP contribution in [0.5, 0.6) is 0 Å². The van der Waals surface area contributed by atoms with Crippen LogP contribution in [0.25, 0.3) is 0 Å². The average molecular weight is 286 g/mol.